The quantitative estimate of drug-likeness (QED) is 0.746. The lowest BCUT2D eigenvalue weighted by Crippen LogP contribution is -2.48. The highest BCUT2D eigenvalue weighted by Gasteiger charge is 2.40. The number of hydrogen-bond acceptors (Lipinski definition) is 3. The van der Waals surface area contributed by atoms with Crippen LogP contribution in [0, 0.1) is 17.8 Å². The fourth-order valence-electron chi connectivity index (χ4n) is 4.19. The molecule has 0 aromatic heterocycles. The molecule has 2 unspecified atom stereocenters. The Hall–Kier alpha value is -1.30. The van der Waals surface area contributed by atoms with Crippen LogP contribution in [0.1, 0.15) is 42.5 Å². The number of carbonyl (C=O) groups is 2. The fraction of sp³-hybridized carbons (Fsp3) is 0.556. The monoisotopic (exact) mass is 385 g/mol. The molecule has 0 aliphatic heterocycles. The van der Waals surface area contributed by atoms with Gasteiger partial charge in [0.15, 0.2) is 0 Å². The second-order valence-electron chi connectivity index (χ2n) is 6.96. The predicted molar refractivity (Wildman–Crippen MR) is 102 cm³/mol. The molecule has 2 atom stereocenters. The summed E-state index contributed by atoms with van der Waals surface area (Å²) in [5.74, 6) is 0.559. The summed E-state index contributed by atoms with van der Waals surface area (Å²) in [6.45, 7) is 0. The van der Waals surface area contributed by atoms with Gasteiger partial charge in [0.2, 0.25) is 5.91 Å². The maximum atomic E-state index is 12.7. The van der Waals surface area contributed by atoms with Gasteiger partial charge in [-0.3, -0.25) is 9.59 Å². The van der Waals surface area contributed by atoms with Crippen molar-refractivity contribution in [2.24, 2.45) is 23.5 Å². The van der Waals surface area contributed by atoms with Gasteiger partial charge >= 0.3 is 0 Å². The van der Waals surface area contributed by atoms with E-state index >= 15 is 0 Å². The van der Waals surface area contributed by atoms with Crippen LogP contribution in [-0.4, -0.2) is 24.9 Å². The zero-order valence-corrected chi connectivity index (χ0v) is 15.8. The molecule has 2 aliphatic carbocycles. The van der Waals surface area contributed by atoms with E-state index in [-0.39, 0.29) is 36.2 Å². The van der Waals surface area contributed by atoms with Gasteiger partial charge in [0.1, 0.15) is 0 Å². The molecule has 25 heavy (non-hydrogen) atoms. The minimum atomic E-state index is -0.268. The van der Waals surface area contributed by atoms with Crippen LogP contribution >= 0.6 is 24.0 Å². The molecule has 0 radical (unpaired) electrons. The second kappa shape index (κ2) is 8.39. The minimum Gasteiger partial charge on any atom is -0.355 e. The Bertz CT molecular complexity index is 639. The highest BCUT2D eigenvalue weighted by molar-refractivity contribution is 6.31. The summed E-state index contributed by atoms with van der Waals surface area (Å²) in [5, 5.41) is 5.96. The topological polar surface area (TPSA) is 84.2 Å². The molecule has 1 aromatic carbocycles. The number of amides is 2. The van der Waals surface area contributed by atoms with Gasteiger partial charge in [-0.05, 0) is 55.7 Å². The van der Waals surface area contributed by atoms with Crippen LogP contribution in [0.25, 0.3) is 0 Å². The molecule has 2 saturated carbocycles. The van der Waals surface area contributed by atoms with E-state index in [4.69, 9.17) is 17.3 Å². The van der Waals surface area contributed by atoms with E-state index in [9.17, 15) is 9.59 Å². The average Bonchev–Trinajstić information content (AvgIpc) is 2.55. The van der Waals surface area contributed by atoms with E-state index in [1.807, 2.05) is 0 Å². The van der Waals surface area contributed by atoms with Gasteiger partial charge in [0.25, 0.3) is 5.91 Å². The summed E-state index contributed by atoms with van der Waals surface area (Å²) >= 11 is 5.98. The Morgan fingerprint density at radius 3 is 2.44 bits per heavy atom. The lowest BCUT2D eigenvalue weighted by atomic mass is 9.65. The summed E-state index contributed by atoms with van der Waals surface area (Å²) in [4.78, 5) is 24.7. The molecular formula is C18H25Cl2N3O2. The van der Waals surface area contributed by atoms with Crippen LogP contribution in [0.15, 0.2) is 18.2 Å². The van der Waals surface area contributed by atoms with E-state index < -0.39 is 0 Å². The number of halogens is 2. The normalized spacial score (nSPS) is 27.8. The Kier molecular flexibility index (Phi) is 6.72. The van der Waals surface area contributed by atoms with Crippen molar-refractivity contribution in [2.75, 3.05) is 12.4 Å². The van der Waals surface area contributed by atoms with Gasteiger partial charge in [0, 0.05) is 24.0 Å². The van der Waals surface area contributed by atoms with Crippen molar-refractivity contribution < 1.29 is 9.59 Å². The number of rotatable bonds is 3. The molecule has 2 amide bonds. The molecule has 5 nitrogen and oxygen atoms in total. The Morgan fingerprint density at radius 1 is 1.20 bits per heavy atom. The highest BCUT2D eigenvalue weighted by atomic mass is 35.5. The lowest BCUT2D eigenvalue weighted by Gasteiger charge is -2.43. The molecule has 138 valence electrons. The molecule has 2 aliphatic rings. The smallest absolute Gasteiger partial charge is 0.253 e. The van der Waals surface area contributed by atoms with Gasteiger partial charge in [-0.1, -0.05) is 18.0 Å². The molecule has 0 spiro atoms. The largest absolute Gasteiger partial charge is 0.355 e. The van der Waals surface area contributed by atoms with Gasteiger partial charge < -0.3 is 16.4 Å². The van der Waals surface area contributed by atoms with Crippen molar-refractivity contribution in [3.05, 3.63) is 28.8 Å². The van der Waals surface area contributed by atoms with Crippen LogP contribution in [-0.2, 0) is 4.79 Å². The molecule has 1 aromatic rings. The van der Waals surface area contributed by atoms with Crippen molar-refractivity contribution in [3.63, 3.8) is 0 Å². The van der Waals surface area contributed by atoms with Crippen LogP contribution in [0.2, 0.25) is 5.02 Å². The summed E-state index contributed by atoms with van der Waals surface area (Å²) in [6, 6.07) is 5.16. The average molecular weight is 386 g/mol. The SMILES string of the molecule is CNC(=O)c1cc(Cl)ccc1NC(=O)C1CC2CCCC(C1)C2N.Cl. The lowest BCUT2D eigenvalue weighted by molar-refractivity contribution is -0.122. The molecule has 3 rings (SSSR count). The summed E-state index contributed by atoms with van der Waals surface area (Å²) in [6.07, 6.45) is 5.13. The Labute approximate surface area is 159 Å². The van der Waals surface area contributed by atoms with E-state index in [0.717, 1.165) is 25.7 Å². The molecular weight excluding hydrogens is 361 g/mol. The number of nitrogens with two attached hydrogens (primary N) is 1. The van der Waals surface area contributed by atoms with Crippen molar-refractivity contribution in [3.8, 4) is 0 Å². The van der Waals surface area contributed by atoms with Crippen LogP contribution in [0.5, 0.6) is 0 Å². The standard InChI is InChI=1S/C18H24ClN3O2.ClH/c1-21-18(24)14-9-13(19)5-6-15(14)22-17(23)12-7-10-3-2-4-11(8-12)16(10)20;/h5-6,9-12,16H,2-4,7-8,20H2,1H3,(H,21,24)(H,22,23);1H. The predicted octanol–water partition coefficient (Wildman–Crippen LogP) is 3.21. The maximum Gasteiger partial charge on any atom is 0.253 e. The van der Waals surface area contributed by atoms with Gasteiger partial charge in [-0.15, -0.1) is 12.4 Å². The number of anilines is 1. The van der Waals surface area contributed by atoms with Crippen LogP contribution in [0.3, 0.4) is 0 Å². The zero-order valence-electron chi connectivity index (χ0n) is 14.3. The molecule has 0 heterocycles. The Balaban J connectivity index is 0.00000225. The third kappa shape index (κ3) is 4.27. The first-order chi connectivity index (χ1) is 11.5. The molecule has 4 N–H and O–H groups in total. The number of fused-ring (bicyclic) bond motifs is 2. The van der Waals surface area contributed by atoms with Gasteiger partial charge in [0.05, 0.1) is 11.3 Å². The van der Waals surface area contributed by atoms with Crippen molar-refractivity contribution in [1.29, 1.82) is 0 Å². The highest BCUT2D eigenvalue weighted by Crippen LogP contribution is 2.42. The number of benzene rings is 1. The van der Waals surface area contributed by atoms with Crippen molar-refractivity contribution >= 4 is 41.5 Å². The zero-order chi connectivity index (χ0) is 17.3. The summed E-state index contributed by atoms with van der Waals surface area (Å²) in [7, 11) is 1.55. The second-order valence-corrected chi connectivity index (χ2v) is 7.39. The van der Waals surface area contributed by atoms with E-state index in [1.54, 1.807) is 25.2 Å². The summed E-state index contributed by atoms with van der Waals surface area (Å²) < 4.78 is 0. The number of nitrogens with one attached hydrogen (secondary N) is 2. The number of hydrogen-bond donors (Lipinski definition) is 3. The first-order valence-corrected chi connectivity index (χ1v) is 8.95. The first kappa shape index (κ1) is 20.0. The maximum absolute atomic E-state index is 12.7. The third-order valence-electron chi connectivity index (χ3n) is 5.49. The van der Waals surface area contributed by atoms with E-state index in [2.05, 4.69) is 10.6 Å². The fourth-order valence-corrected chi connectivity index (χ4v) is 4.36. The molecule has 7 heteroatoms. The van der Waals surface area contributed by atoms with Gasteiger partial charge in [-0.25, -0.2) is 0 Å². The Morgan fingerprint density at radius 2 is 1.84 bits per heavy atom. The van der Waals surface area contributed by atoms with Crippen LogP contribution < -0.4 is 16.4 Å². The van der Waals surface area contributed by atoms with Gasteiger partial charge in [-0.2, -0.15) is 0 Å². The van der Waals surface area contributed by atoms with E-state index in [0.29, 0.717) is 28.1 Å². The van der Waals surface area contributed by atoms with Crippen molar-refractivity contribution in [1.82, 2.24) is 5.32 Å². The summed E-state index contributed by atoms with van der Waals surface area (Å²) in [5.41, 5.74) is 7.18. The van der Waals surface area contributed by atoms with Crippen LogP contribution in [0.4, 0.5) is 5.69 Å². The molecule has 2 bridgehead atoms. The third-order valence-corrected chi connectivity index (χ3v) is 5.73. The van der Waals surface area contributed by atoms with E-state index in [1.165, 1.54) is 6.42 Å². The first-order valence-electron chi connectivity index (χ1n) is 8.57. The molecule has 2 fully saturated rings. The van der Waals surface area contributed by atoms with Crippen molar-refractivity contribution in [2.45, 2.75) is 38.1 Å². The number of carbonyl (C=O) groups excluding carboxylic acids is 2. The minimum absolute atomic E-state index is 0. The molecule has 0 saturated heterocycles.